The van der Waals surface area contributed by atoms with Crippen molar-refractivity contribution in [3.05, 3.63) is 46.4 Å². The van der Waals surface area contributed by atoms with E-state index < -0.39 is 0 Å². The molecule has 2 rings (SSSR count). The van der Waals surface area contributed by atoms with Gasteiger partial charge in [0.2, 0.25) is 0 Å². The molecule has 0 fully saturated rings. The van der Waals surface area contributed by atoms with E-state index in [1.165, 1.54) is 0 Å². The van der Waals surface area contributed by atoms with Gasteiger partial charge in [-0.2, -0.15) is 5.41 Å². The van der Waals surface area contributed by atoms with Gasteiger partial charge in [-0.1, -0.05) is 24.3 Å². The molecule has 0 saturated heterocycles. The van der Waals surface area contributed by atoms with Gasteiger partial charge in [-0.3, -0.25) is 9.59 Å². The zero-order valence-electron chi connectivity index (χ0n) is 6.91. The second kappa shape index (κ2) is 4.19. The minimum Gasteiger partial charge on any atom is -0.786 e. The molecule has 0 saturated carbocycles. The zero-order valence-corrected chi connectivity index (χ0v) is 9.90. The quantitative estimate of drug-likeness (QED) is 0.293. The van der Waals surface area contributed by atoms with Crippen molar-refractivity contribution in [2.45, 2.75) is 0 Å². The summed E-state index contributed by atoms with van der Waals surface area (Å²) in [5.41, 5.74) is 1.03. The fourth-order valence-electron chi connectivity index (χ4n) is 1.38. The van der Waals surface area contributed by atoms with E-state index in [1.54, 1.807) is 24.3 Å². The SMILES string of the molecule is O=C1C(=C[S-])C(=O)c2ccccc21.[Au+]. The van der Waals surface area contributed by atoms with E-state index in [1.807, 2.05) is 0 Å². The van der Waals surface area contributed by atoms with Crippen molar-refractivity contribution < 1.29 is 32.0 Å². The van der Waals surface area contributed by atoms with Crippen LogP contribution in [0.1, 0.15) is 20.7 Å². The normalized spacial score (nSPS) is 13.6. The largest absolute Gasteiger partial charge is 1.00 e. The van der Waals surface area contributed by atoms with Crippen LogP contribution in [0.5, 0.6) is 0 Å². The van der Waals surface area contributed by atoms with Crippen LogP contribution in [0.15, 0.2) is 35.2 Å². The molecule has 0 aromatic heterocycles. The molecule has 0 atom stereocenters. The molecule has 0 aliphatic heterocycles. The van der Waals surface area contributed by atoms with Gasteiger partial charge in [0.05, 0.1) is 0 Å². The third-order valence-corrected chi connectivity index (χ3v) is 2.26. The summed E-state index contributed by atoms with van der Waals surface area (Å²) in [4.78, 5) is 23.0. The Labute approximate surface area is 102 Å². The molecule has 0 radical (unpaired) electrons. The molecule has 0 N–H and O–H groups in total. The number of hydrogen-bond donors (Lipinski definition) is 0. The number of carbonyl (C=O) groups is 2. The molecule has 1 aliphatic rings. The Morgan fingerprint density at radius 3 is 1.79 bits per heavy atom. The van der Waals surface area contributed by atoms with Gasteiger partial charge < -0.3 is 12.6 Å². The molecule has 2 nitrogen and oxygen atoms in total. The van der Waals surface area contributed by atoms with Gasteiger partial charge in [-0.05, 0) is 0 Å². The number of ketones is 2. The van der Waals surface area contributed by atoms with Gasteiger partial charge in [0.15, 0.2) is 11.6 Å². The number of benzene rings is 1. The summed E-state index contributed by atoms with van der Waals surface area (Å²) >= 11 is 4.61. The van der Waals surface area contributed by atoms with Gasteiger partial charge in [0, 0.05) is 16.7 Å². The first-order valence-electron chi connectivity index (χ1n) is 3.76. The first-order valence-corrected chi connectivity index (χ1v) is 4.23. The third kappa shape index (κ3) is 1.48. The van der Waals surface area contributed by atoms with Gasteiger partial charge in [0.25, 0.3) is 0 Å². The Balaban J connectivity index is 0.000000980. The number of hydrogen-bond acceptors (Lipinski definition) is 3. The summed E-state index contributed by atoms with van der Waals surface area (Å²) in [6.45, 7) is 0. The molecular weight excluding hydrogens is 381 g/mol. The Morgan fingerprint density at radius 2 is 1.43 bits per heavy atom. The second-order valence-electron chi connectivity index (χ2n) is 2.74. The van der Waals surface area contributed by atoms with Crippen LogP contribution in [0, 0.1) is 0 Å². The van der Waals surface area contributed by atoms with Crippen molar-refractivity contribution in [1.82, 2.24) is 0 Å². The summed E-state index contributed by atoms with van der Waals surface area (Å²) < 4.78 is 0. The van der Waals surface area contributed by atoms with Crippen LogP contribution in [0.4, 0.5) is 0 Å². The molecule has 14 heavy (non-hydrogen) atoms. The Hall–Kier alpha value is -0.740. The third-order valence-electron chi connectivity index (χ3n) is 2.02. The summed E-state index contributed by atoms with van der Waals surface area (Å²) in [7, 11) is 0. The zero-order chi connectivity index (χ0) is 9.42. The fourth-order valence-corrected chi connectivity index (χ4v) is 1.59. The predicted molar refractivity (Wildman–Crippen MR) is 50.6 cm³/mol. The predicted octanol–water partition coefficient (Wildman–Crippen LogP) is 1.49. The van der Waals surface area contributed by atoms with Gasteiger partial charge >= 0.3 is 22.4 Å². The van der Waals surface area contributed by atoms with Crippen LogP contribution in [0.2, 0.25) is 0 Å². The van der Waals surface area contributed by atoms with Crippen LogP contribution < -0.4 is 0 Å². The van der Waals surface area contributed by atoms with Crippen molar-refractivity contribution in [2.24, 2.45) is 0 Å². The fraction of sp³-hybridized carbons (Fsp3) is 0. The maximum atomic E-state index is 11.5. The molecule has 0 bridgehead atoms. The molecule has 1 aromatic rings. The Morgan fingerprint density at radius 1 is 1.00 bits per heavy atom. The smallest absolute Gasteiger partial charge is 0.786 e. The Bertz CT molecular complexity index is 401. The number of Topliss-reactive ketones (excluding diaryl/α,β-unsaturated/α-hetero) is 2. The van der Waals surface area contributed by atoms with Crippen LogP contribution in [0.25, 0.3) is 0 Å². The van der Waals surface area contributed by atoms with Crippen LogP contribution in [0.3, 0.4) is 0 Å². The van der Waals surface area contributed by atoms with E-state index in [9.17, 15) is 9.59 Å². The number of carbonyl (C=O) groups excluding carboxylic acids is 2. The maximum Gasteiger partial charge on any atom is 1.00 e. The van der Waals surface area contributed by atoms with Gasteiger partial charge in [-0.15, -0.1) is 0 Å². The van der Waals surface area contributed by atoms with E-state index in [2.05, 4.69) is 12.6 Å². The van der Waals surface area contributed by atoms with E-state index in [0.717, 1.165) is 5.41 Å². The summed E-state index contributed by atoms with van der Waals surface area (Å²) in [5.74, 6) is -0.508. The first kappa shape index (κ1) is 11.3. The molecule has 4 heteroatoms. The van der Waals surface area contributed by atoms with Crippen molar-refractivity contribution >= 4 is 24.2 Å². The van der Waals surface area contributed by atoms with Crippen molar-refractivity contribution in [2.75, 3.05) is 0 Å². The molecule has 0 spiro atoms. The second-order valence-corrected chi connectivity index (χ2v) is 2.97. The maximum absolute atomic E-state index is 11.5. The minimum atomic E-state index is -0.254. The molecule has 0 amide bonds. The van der Waals surface area contributed by atoms with E-state index in [4.69, 9.17) is 0 Å². The molecular formula is C10H5AuO2S. The monoisotopic (exact) mass is 386 g/mol. The summed E-state index contributed by atoms with van der Waals surface area (Å²) in [6, 6.07) is 6.75. The van der Waals surface area contributed by atoms with Crippen LogP contribution >= 0.6 is 0 Å². The molecule has 1 aliphatic carbocycles. The van der Waals surface area contributed by atoms with E-state index >= 15 is 0 Å². The minimum absolute atomic E-state index is 0. The standard InChI is InChI=1S/C10H6O2S.Au/c11-9-6-3-1-2-4-7(6)10(12)8(9)5-13;/h1-5,13H;/q;+1/p-1. The summed E-state index contributed by atoms with van der Waals surface area (Å²) in [6.07, 6.45) is 0. The van der Waals surface area contributed by atoms with Crippen molar-refractivity contribution in [1.29, 1.82) is 0 Å². The van der Waals surface area contributed by atoms with Crippen molar-refractivity contribution in [3.8, 4) is 0 Å². The van der Waals surface area contributed by atoms with Crippen molar-refractivity contribution in [3.63, 3.8) is 0 Å². The average molecular weight is 386 g/mol. The van der Waals surface area contributed by atoms with Gasteiger partial charge in [0.1, 0.15) is 0 Å². The molecule has 0 heterocycles. The number of rotatable bonds is 0. The molecule has 74 valence electrons. The first-order chi connectivity index (χ1) is 6.25. The van der Waals surface area contributed by atoms with E-state index in [-0.39, 0.29) is 39.5 Å². The van der Waals surface area contributed by atoms with Crippen LogP contribution in [-0.4, -0.2) is 11.6 Å². The Kier molecular flexibility index (Phi) is 3.39. The van der Waals surface area contributed by atoms with Gasteiger partial charge in [-0.25, -0.2) is 0 Å². The summed E-state index contributed by atoms with van der Waals surface area (Å²) in [5, 5.41) is 1.16. The number of fused-ring (bicyclic) bond motifs is 1. The topological polar surface area (TPSA) is 34.1 Å². The number of allylic oxidation sites excluding steroid dienone is 1. The average Bonchev–Trinajstić information content (AvgIpc) is 2.41. The van der Waals surface area contributed by atoms with E-state index in [0.29, 0.717) is 11.1 Å². The molecule has 0 unspecified atom stereocenters. The molecule has 1 aromatic carbocycles. The van der Waals surface area contributed by atoms with Crippen LogP contribution in [-0.2, 0) is 35.0 Å².